The monoisotopic (exact) mass is 331 g/mol. The summed E-state index contributed by atoms with van der Waals surface area (Å²) in [6.45, 7) is 2.21. The summed E-state index contributed by atoms with van der Waals surface area (Å²) in [5, 5.41) is 11.6. The second-order valence-corrected chi connectivity index (χ2v) is 6.89. The van der Waals surface area contributed by atoms with Gasteiger partial charge in [0.15, 0.2) is 0 Å². The minimum Gasteiger partial charge on any atom is -0.411 e. The van der Waals surface area contributed by atoms with Gasteiger partial charge in [-0.2, -0.15) is 0 Å². The molecule has 0 aliphatic heterocycles. The van der Waals surface area contributed by atoms with Gasteiger partial charge in [0, 0.05) is 11.6 Å². The molecule has 1 saturated carbocycles. The van der Waals surface area contributed by atoms with Crippen LogP contribution in [0.15, 0.2) is 40.0 Å². The van der Waals surface area contributed by atoms with Gasteiger partial charge in [0.2, 0.25) is 11.8 Å². The lowest BCUT2D eigenvalue weighted by atomic mass is 9.86. The van der Waals surface area contributed by atoms with Crippen LogP contribution in [-0.2, 0) is 4.79 Å². The normalized spacial score (nSPS) is 21.1. The van der Waals surface area contributed by atoms with Crippen LogP contribution in [0.5, 0.6) is 0 Å². The standard InChI is InChI=1S/C17H21N3O2S/c1-12-7-5-6-10-14(12)18-15(21)11-23-17-20-19-16(22-17)13-8-3-2-4-9-13/h2-4,8-9,12,14H,5-7,10-11H2,1H3,(H,18,21)/t12-,14-/m0/s1. The Bertz CT molecular complexity index is 644. The Morgan fingerprint density at radius 3 is 2.83 bits per heavy atom. The van der Waals surface area contributed by atoms with Crippen LogP contribution in [0.1, 0.15) is 32.6 Å². The molecule has 23 heavy (non-hydrogen) atoms. The van der Waals surface area contributed by atoms with Gasteiger partial charge in [-0.05, 0) is 30.9 Å². The van der Waals surface area contributed by atoms with Crippen molar-refractivity contribution < 1.29 is 9.21 Å². The third kappa shape index (κ3) is 4.34. The van der Waals surface area contributed by atoms with Gasteiger partial charge < -0.3 is 9.73 Å². The maximum atomic E-state index is 12.1. The lowest BCUT2D eigenvalue weighted by Crippen LogP contribution is -2.41. The number of hydrogen-bond acceptors (Lipinski definition) is 5. The zero-order valence-corrected chi connectivity index (χ0v) is 14.0. The quantitative estimate of drug-likeness (QED) is 0.849. The summed E-state index contributed by atoms with van der Waals surface area (Å²) in [5.41, 5.74) is 0.882. The fourth-order valence-electron chi connectivity index (χ4n) is 2.87. The Balaban J connectivity index is 1.50. The van der Waals surface area contributed by atoms with E-state index in [1.165, 1.54) is 31.0 Å². The fourth-order valence-corrected chi connectivity index (χ4v) is 3.45. The molecule has 1 aliphatic rings. The van der Waals surface area contributed by atoms with E-state index in [1.807, 2.05) is 30.3 Å². The van der Waals surface area contributed by atoms with Crippen LogP contribution in [-0.4, -0.2) is 27.9 Å². The molecule has 6 heteroatoms. The van der Waals surface area contributed by atoms with Crippen molar-refractivity contribution in [2.24, 2.45) is 5.92 Å². The predicted molar refractivity (Wildman–Crippen MR) is 90.0 cm³/mol. The lowest BCUT2D eigenvalue weighted by molar-refractivity contribution is -0.119. The number of nitrogens with zero attached hydrogens (tertiary/aromatic N) is 2. The van der Waals surface area contributed by atoms with Crippen LogP contribution in [0.3, 0.4) is 0 Å². The van der Waals surface area contributed by atoms with Gasteiger partial charge in [-0.1, -0.05) is 49.7 Å². The summed E-state index contributed by atoms with van der Waals surface area (Å²) in [5.74, 6) is 1.38. The highest BCUT2D eigenvalue weighted by atomic mass is 32.2. The molecule has 1 N–H and O–H groups in total. The molecule has 0 unspecified atom stereocenters. The number of nitrogens with one attached hydrogen (secondary N) is 1. The van der Waals surface area contributed by atoms with Gasteiger partial charge in [-0.25, -0.2) is 0 Å². The third-order valence-corrected chi connectivity index (χ3v) is 5.03. The molecule has 0 spiro atoms. The molecule has 0 saturated heterocycles. The number of carbonyl (C=O) groups is 1. The third-order valence-electron chi connectivity index (χ3n) is 4.21. The lowest BCUT2D eigenvalue weighted by Gasteiger charge is -2.29. The number of hydrogen-bond donors (Lipinski definition) is 1. The molecule has 1 aliphatic carbocycles. The Hall–Kier alpha value is -1.82. The Kier molecular flexibility index (Phi) is 5.33. The molecule has 2 atom stereocenters. The van der Waals surface area contributed by atoms with Crippen molar-refractivity contribution >= 4 is 17.7 Å². The highest BCUT2D eigenvalue weighted by molar-refractivity contribution is 7.99. The summed E-state index contributed by atoms with van der Waals surface area (Å²) in [4.78, 5) is 12.1. The molecule has 1 heterocycles. The molecule has 1 amide bonds. The Morgan fingerprint density at radius 1 is 1.26 bits per heavy atom. The fraction of sp³-hybridized carbons (Fsp3) is 0.471. The number of amides is 1. The first kappa shape index (κ1) is 16.1. The van der Waals surface area contributed by atoms with E-state index in [2.05, 4.69) is 22.4 Å². The van der Waals surface area contributed by atoms with Gasteiger partial charge >= 0.3 is 0 Å². The number of aromatic nitrogens is 2. The van der Waals surface area contributed by atoms with Gasteiger partial charge in [0.05, 0.1) is 5.75 Å². The zero-order chi connectivity index (χ0) is 16.1. The van der Waals surface area contributed by atoms with E-state index in [9.17, 15) is 4.79 Å². The predicted octanol–water partition coefficient (Wildman–Crippen LogP) is 3.52. The summed E-state index contributed by atoms with van der Waals surface area (Å²) >= 11 is 1.28. The van der Waals surface area contributed by atoms with E-state index in [0.717, 1.165) is 12.0 Å². The maximum absolute atomic E-state index is 12.1. The summed E-state index contributed by atoms with van der Waals surface area (Å²) in [6, 6.07) is 9.92. The highest BCUT2D eigenvalue weighted by Gasteiger charge is 2.23. The second-order valence-electron chi connectivity index (χ2n) is 5.96. The number of thioether (sulfide) groups is 1. The molecule has 2 aromatic rings. The number of rotatable bonds is 5. The molecular formula is C17H21N3O2S. The molecule has 122 valence electrons. The molecule has 1 aromatic carbocycles. The van der Waals surface area contributed by atoms with Crippen LogP contribution < -0.4 is 5.32 Å². The van der Waals surface area contributed by atoms with Crippen molar-refractivity contribution in [1.29, 1.82) is 0 Å². The Labute approximate surface area is 140 Å². The number of carbonyl (C=O) groups excluding carboxylic acids is 1. The van der Waals surface area contributed by atoms with Crippen molar-refractivity contribution in [1.82, 2.24) is 15.5 Å². The average Bonchev–Trinajstić information content (AvgIpc) is 3.05. The second kappa shape index (κ2) is 7.64. The summed E-state index contributed by atoms with van der Waals surface area (Å²) < 4.78 is 5.59. The van der Waals surface area contributed by atoms with Crippen molar-refractivity contribution in [2.75, 3.05) is 5.75 Å². The number of benzene rings is 1. The van der Waals surface area contributed by atoms with Gasteiger partial charge in [0.25, 0.3) is 5.22 Å². The highest BCUT2D eigenvalue weighted by Crippen LogP contribution is 2.25. The first-order valence-corrected chi connectivity index (χ1v) is 9.02. The topological polar surface area (TPSA) is 68.0 Å². The van der Waals surface area contributed by atoms with Crippen molar-refractivity contribution in [3.05, 3.63) is 30.3 Å². The van der Waals surface area contributed by atoms with Crippen LogP contribution in [0.25, 0.3) is 11.5 Å². The molecule has 3 rings (SSSR count). The van der Waals surface area contributed by atoms with E-state index in [-0.39, 0.29) is 5.91 Å². The SMILES string of the molecule is C[C@H]1CCCC[C@@H]1NC(=O)CSc1nnc(-c2ccccc2)o1. The summed E-state index contributed by atoms with van der Waals surface area (Å²) in [6.07, 6.45) is 4.75. The molecular weight excluding hydrogens is 310 g/mol. The van der Waals surface area contributed by atoms with E-state index in [1.54, 1.807) is 0 Å². The Morgan fingerprint density at radius 2 is 2.04 bits per heavy atom. The smallest absolute Gasteiger partial charge is 0.277 e. The first-order valence-electron chi connectivity index (χ1n) is 8.03. The minimum atomic E-state index is 0.0354. The molecule has 5 nitrogen and oxygen atoms in total. The van der Waals surface area contributed by atoms with Crippen LogP contribution in [0.2, 0.25) is 0 Å². The molecule has 0 radical (unpaired) electrons. The average molecular weight is 331 g/mol. The van der Waals surface area contributed by atoms with E-state index in [4.69, 9.17) is 4.42 Å². The van der Waals surface area contributed by atoms with Crippen LogP contribution in [0, 0.1) is 5.92 Å². The van der Waals surface area contributed by atoms with Crippen molar-refractivity contribution in [3.8, 4) is 11.5 Å². The van der Waals surface area contributed by atoms with E-state index >= 15 is 0 Å². The minimum absolute atomic E-state index is 0.0354. The van der Waals surface area contributed by atoms with Gasteiger partial charge in [-0.3, -0.25) is 4.79 Å². The molecule has 1 aromatic heterocycles. The van der Waals surface area contributed by atoms with Crippen LogP contribution in [0.4, 0.5) is 0 Å². The largest absolute Gasteiger partial charge is 0.411 e. The molecule has 0 bridgehead atoms. The van der Waals surface area contributed by atoms with Crippen molar-refractivity contribution in [3.63, 3.8) is 0 Å². The molecule has 1 fully saturated rings. The zero-order valence-electron chi connectivity index (χ0n) is 13.2. The summed E-state index contributed by atoms with van der Waals surface area (Å²) in [7, 11) is 0. The first-order chi connectivity index (χ1) is 11.2. The van der Waals surface area contributed by atoms with E-state index in [0.29, 0.717) is 28.8 Å². The van der Waals surface area contributed by atoms with E-state index < -0.39 is 0 Å². The van der Waals surface area contributed by atoms with Gasteiger partial charge in [-0.15, -0.1) is 10.2 Å². The van der Waals surface area contributed by atoms with Crippen LogP contribution >= 0.6 is 11.8 Å². The van der Waals surface area contributed by atoms with Crippen molar-refractivity contribution in [2.45, 2.75) is 43.9 Å². The van der Waals surface area contributed by atoms with Gasteiger partial charge in [0.1, 0.15) is 0 Å². The maximum Gasteiger partial charge on any atom is 0.277 e.